The number of hydrogen-bond acceptors (Lipinski definition) is 5. The first-order valence-electron chi connectivity index (χ1n) is 6.04. The standard InChI is InChI=1S/C13H15NO6/c1-7(13(16)17)14-12(15)8-5-9(18-2)11-10(6-8)19-3-4-20-11/h5-7H,3-4H2,1-2H3,(H,14,15)(H,16,17). The fourth-order valence-corrected chi connectivity index (χ4v) is 1.75. The summed E-state index contributed by atoms with van der Waals surface area (Å²) in [5, 5.41) is 11.1. The van der Waals surface area contributed by atoms with Crippen molar-refractivity contribution in [2.75, 3.05) is 20.3 Å². The van der Waals surface area contributed by atoms with E-state index in [4.69, 9.17) is 19.3 Å². The molecular weight excluding hydrogens is 266 g/mol. The molecule has 0 aromatic heterocycles. The van der Waals surface area contributed by atoms with Crippen molar-refractivity contribution in [2.45, 2.75) is 13.0 Å². The number of carbonyl (C=O) groups is 2. The number of carbonyl (C=O) groups excluding carboxylic acids is 1. The zero-order valence-corrected chi connectivity index (χ0v) is 11.1. The van der Waals surface area contributed by atoms with Crippen molar-refractivity contribution in [3.63, 3.8) is 0 Å². The molecule has 2 rings (SSSR count). The molecule has 2 N–H and O–H groups in total. The Bertz CT molecular complexity index is 525. The third-order valence-electron chi connectivity index (χ3n) is 2.81. The molecule has 0 saturated carbocycles. The number of fused-ring (bicyclic) bond motifs is 1. The van der Waals surface area contributed by atoms with E-state index in [2.05, 4.69) is 5.32 Å². The molecule has 20 heavy (non-hydrogen) atoms. The Morgan fingerprint density at radius 2 is 2.05 bits per heavy atom. The smallest absolute Gasteiger partial charge is 0.325 e. The van der Waals surface area contributed by atoms with Crippen molar-refractivity contribution in [1.82, 2.24) is 5.32 Å². The molecule has 1 heterocycles. The van der Waals surface area contributed by atoms with E-state index in [0.29, 0.717) is 30.5 Å². The maximum Gasteiger partial charge on any atom is 0.325 e. The quantitative estimate of drug-likeness (QED) is 0.842. The number of hydrogen-bond donors (Lipinski definition) is 2. The van der Waals surface area contributed by atoms with Crippen molar-refractivity contribution in [3.8, 4) is 17.2 Å². The number of methoxy groups -OCH3 is 1. The predicted molar refractivity (Wildman–Crippen MR) is 68.5 cm³/mol. The second-order valence-corrected chi connectivity index (χ2v) is 4.24. The number of carboxylic acid groups (broad SMARTS) is 1. The third kappa shape index (κ3) is 2.76. The number of rotatable bonds is 4. The van der Waals surface area contributed by atoms with Crippen LogP contribution in [0.25, 0.3) is 0 Å². The Balaban J connectivity index is 2.28. The summed E-state index contributed by atoms with van der Waals surface area (Å²) in [5.74, 6) is -0.404. The number of amides is 1. The fourth-order valence-electron chi connectivity index (χ4n) is 1.75. The van der Waals surface area contributed by atoms with Gasteiger partial charge in [-0.15, -0.1) is 0 Å². The van der Waals surface area contributed by atoms with Crippen molar-refractivity contribution in [1.29, 1.82) is 0 Å². The summed E-state index contributed by atoms with van der Waals surface area (Å²) in [5.41, 5.74) is 0.249. The van der Waals surface area contributed by atoms with Crippen LogP contribution in [0.1, 0.15) is 17.3 Å². The number of carboxylic acids is 1. The summed E-state index contributed by atoms with van der Waals surface area (Å²) in [6.07, 6.45) is 0. The molecule has 0 radical (unpaired) electrons. The molecule has 1 amide bonds. The van der Waals surface area contributed by atoms with Crippen LogP contribution >= 0.6 is 0 Å². The first-order chi connectivity index (χ1) is 9.52. The molecule has 0 spiro atoms. The van der Waals surface area contributed by atoms with Gasteiger partial charge in [0.15, 0.2) is 11.5 Å². The van der Waals surface area contributed by atoms with E-state index in [1.54, 1.807) is 0 Å². The monoisotopic (exact) mass is 281 g/mol. The Hall–Kier alpha value is -2.44. The van der Waals surface area contributed by atoms with Crippen molar-refractivity contribution >= 4 is 11.9 Å². The first kappa shape index (κ1) is 14.0. The van der Waals surface area contributed by atoms with Gasteiger partial charge in [0.25, 0.3) is 5.91 Å². The number of ether oxygens (including phenoxy) is 3. The van der Waals surface area contributed by atoms with E-state index in [-0.39, 0.29) is 5.56 Å². The van der Waals surface area contributed by atoms with E-state index < -0.39 is 17.9 Å². The molecule has 1 atom stereocenters. The van der Waals surface area contributed by atoms with Gasteiger partial charge in [0.1, 0.15) is 19.3 Å². The number of aliphatic carboxylic acids is 1. The molecule has 0 bridgehead atoms. The highest BCUT2D eigenvalue weighted by Gasteiger charge is 2.22. The van der Waals surface area contributed by atoms with Gasteiger partial charge in [0.2, 0.25) is 5.75 Å². The van der Waals surface area contributed by atoms with Crippen LogP contribution in [-0.2, 0) is 4.79 Å². The second kappa shape index (κ2) is 5.68. The Kier molecular flexibility index (Phi) is 3.97. The van der Waals surface area contributed by atoms with Crippen LogP contribution in [0.4, 0.5) is 0 Å². The van der Waals surface area contributed by atoms with Crippen LogP contribution in [0, 0.1) is 0 Å². The highest BCUT2D eigenvalue weighted by Crippen LogP contribution is 2.40. The van der Waals surface area contributed by atoms with Crippen LogP contribution in [0.3, 0.4) is 0 Å². The molecule has 1 aliphatic rings. The van der Waals surface area contributed by atoms with Gasteiger partial charge < -0.3 is 24.6 Å². The predicted octanol–water partition coefficient (Wildman–Crippen LogP) is 0.669. The summed E-state index contributed by atoms with van der Waals surface area (Å²) in [6.45, 7) is 2.17. The Morgan fingerprint density at radius 3 is 2.70 bits per heavy atom. The maximum atomic E-state index is 12.0. The molecule has 1 aromatic carbocycles. The van der Waals surface area contributed by atoms with Gasteiger partial charge >= 0.3 is 5.97 Å². The highest BCUT2D eigenvalue weighted by molar-refractivity contribution is 5.97. The Morgan fingerprint density at radius 1 is 1.35 bits per heavy atom. The topological polar surface area (TPSA) is 94.1 Å². The van der Waals surface area contributed by atoms with Crippen LogP contribution < -0.4 is 19.5 Å². The molecule has 1 unspecified atom stereocenters. The van der Waals surface area contributed by atoms with E-state index in [1.165, 1.54) is 26.2 Å². The van der Waals surface area contributed by atoms with E-state index in [0.717, 1.165) is 0 Å². The lowest BCUT2D eigenvalue weighted by Crippen LogP contribution is -2.38. The van der Waals surface area contributed by atoms with Crippen LogP contribution in [0.15, 0.2) is 12.1 Å². The minimum Gasteiger partial charge on any atom is -0.493 e. The molecule has 1 aliphatic heterocycles. The zero-order chi connectivity index (χ0) is 14.7. The average Bonchev–Trinajstić information content (AvgIpc) is 2.45. The lowest BCUT2D eigenvalue weighted by molar-refractivity contribution is -0.138. The van der Waals surface area contributed by atoms with Crippen LogP contribution in [-0.4, -0.2) is 43.3 Å². The largest absolute Gasteiger partial charge is 0.493 e. The third-order valence-corrected chi connectivity index (χ3v) is 2.81. The Labute approximate surface area is 115 Å². The minimum absolute atomic E-state index is 0.249. The van der Waals surface area contributed by atoms with Crippen molar-refractivity contribution < 1.29 is 28.9 Å². The highest BCUT2D eigenvalue weighted by atomic mass is 16.6. The average molecular weight is 281 g/mol. The first-order valence-corrected chi connectivity index (χ1v) is 6.04. The lowest BCUT2D eigenvalue weighted by atomic mass is 10.1. The van der Waals surface area contributed by atoms with Gasteiger partial charge in [-0.2, -0.15) is 0 Å². The van der Waals surface area contributed by atoms with E-state index >= 15 is 0 Å². The van der Waals surface area contributed by atoms with Gasteiger partial charge in [0, 0.05) is 5.56 Å². The maximum absolute atomic E-state index is 12.0. The van der Waals surface area contributed by atoms with Crippen molar-refractivity contribution in [2.24, 2.45) is 0 Å². The summed E-state index contributed by atoms with van der Waals surface area (Å²) >= 11 is 0. The molecule has 7 heteroatoms. The van der Waals surface area contributed by atoms with Gasteiger partial charge in [-0.1, -0.05) is 0 Å². The summed E-state index contributed by atoms with van der Waals surface area (Å²) in [7, 11) is 1.45. The molecule has 108 valence electrons. The molecule has 7 nitrogen and oxygen atoms in total. The van der Waals surface area contributed by atoms with Gasteiger partial charge in [-0.05, 0) is 19.1 Å². The van der Waals surface area contributed by atoms with E-state index in [1.807, 2.05) is 0 Å². The zero-order valence-electron chi connectivity index (χ0n) is 11.1. The summed E-state index contributed by atoms with van der Waals surface area (Å²) < 4.78 is 16.0. The van der Waals surface area contributed by atoms with E-state index in [9.17, 15) is 9.59 Å². The van der Waals surface area contributed by atoms with Crippen molar-refractivity contribution in [3.05, 3.63) is 17.7 Å². The number of nitrogens with one attached hydrogen (secondary N) is 1. The van der Waals surface area contributed by atoms with Gasteiger partial charge in [-0.3, -0.25) is 9.59 Å². The lowest BCUT2D eigenvalue weighted by Gasteiger charge is -2.21. The SMILES string of the molecule is COc1cc(C(=O)NC(C)C(=O)O)cc2c1OCCO2. The van der Waals surface area contributed by atoms with Crippen LogP contribution in [0.2, 0.25) is 0 Å². The van der Waals surface area contributed by atoms with Crippen LogP contribution in [0.5, 0.6) is 17.2 Å². The fraction of sp³-hybridized carbons (Fsp3) is 0.385. The summed E-state index contributed by atoms with van der Waals surface area (Å²) in [6, 6.07) is 2.00. The number of benzene rings is 1. The van der Waals surface area contributed by atoms with Gasteiger partial charge in [0.05, 0.1) is 7.11 Å². The molecule has 1 aromatic rings. The molecular formula is C13H15NO6. The molecule has 0 fully saturated rings. The molecule has 0 aliphatic carbocycles. The normalized spacial score (nSPS) is 14.3. The second-order valence-electron chi connectivity index (χ2n) is 4.24. The minimum atomic E-state index is -1.11. The summed E-state index contributed by atoms with van der Waals surface area (Å²) in [4.78, 5) is 22.7. The van der Waals surface area contributed by atoms with Gasteiger partial charge in [-0.25, -0.2) is 0 Å². The molecule has 0 saturated heterocycles.